The van der Waals surface area contributed by atoms with Crippen molar-refractivity contribution in [2.75, 3.05) is 18.2 Å². The molecule has 0 aromatic heterocycles. The van der Waals surface area contributed by atoms with Gasteiger partial charge in [-0.25, -0.2) is 8.42 Å². The number of sulfone groups is 1. The second-order valence-electron chi connectivity index (χ2n) is 7.87. The zero-order valence-corrected chi connectivity index (χ0v) is 19.7. The fourth-order valence-electron chi connectivity index (χ4n) is 3.51. The number of anilines is 1. The molecule has 0 aliphatic rings. The van der Waals surface area contributed by atoms with Gasteiger partial charge in [0.05, 0.1) is 23.0 Å². The molecule has 0 spiro atoms. The SMILES string of the molecule is CS(=O)(=O)c1ccc(C(CO)C(=O)Nc2ccc(-c3ccccc3OC(F)(F)F)c(C(F)(F)F)c2)cc1. The second-order valence-corrected chi connectivity index (χ2v) is 9.88. The molecular formula is C24H19F6NO5S. The minimum absolute atomic E-state index is 0.0338. The van der Waals surface area contributed by atoms with Crippen LogP contribution in [0, 0.1) is 0 Å². The van der Waals surface area contributed by atoms with E-state index >= 15 is 0 Å². The lowest BCUT2D eigenvalue weighted by Crippen LogP contribution is -2.24. The number of carbonyl (C=O) groups excluding carboxylic acids is 1. The highest BCUT2D eigenvalue weighted by Crippen LogP contribution is 2.42. The van der Waals surface area contributed by atoms with E-state index in [1.165, 1.54) is 36.4 Å². The lowest BCUT2D eigenvalue weighted by atomic mass is 9.96. The van der Waals surface area contributed by atoms with Gasteiger partial charge in [-0.2, -0.15) is 13.2 Å². The van der Waals surface area contributed by atoms with Crippen LogP contribution in [0.3, 0.4) is 0 Å². The molecule has 0 saturated heterocycles. The third-order valence-corrected chi connectivity index (χ3v) is 6.33. The molecule has 2 N–H and O–H groups in total. The fraction of sp³-hybridized carbons (Fsp3) is 0.208. The molecule has 198 valence electrons. The number of benzene rings is 3. The van der Waals surface area contributed by atoms with Gasteiger partial charge >= 0.3 is 12.5 Å². The summed E-state index contributed by atoms with van der Waals surface area (Å²) in [5.74, 6) is -2.98. The Hall–Kier alpha value is -3.58. The van der Waals surface area contributed by atoms with Crippen LogP contribution in [0.1, 0.15) is 17.0 Å². The van der Waals surface area contributed by atoms with Crippen LogP contribution in [0.4, 0.5) is 32.0 Å². The first-order valence-corrected chi connectivity index (χ1v) is 12.3. The number of carbonyl (C=O) groups is 1. The third kappa shape index (κ3) is 7.01. The van der Waals surface area contributed by atoms with Crippen LogP contribution < -0.4 is 10.1 Å². The van der Waals surface area contributed by atoms with E-state index in [4.69, 9.17) is 0 Å². The summed E-state index contributed by atoms with van der Waals surface area (Å²) in [6.07, 6.45) is -9.17. The standard InChI is InChI=1S/C24H19F6NO5S/c1-37(34,35)16-9-6-14(7-10-16)19(13-32)22(33)31-15-8-11-17(20(12-15)23(25,26)27)18-4-2-3-5-21(18)36-24(28,29)30/h2-12,19,32H,13H2,1H3,(H,31,33). The number of para-hydroxylation sites is 1. The molecule has 0 aliphatic heterocycles. The molecule has 1 amide bonds. The van der Waals surface area contributed by atoms with Gasteiger partial charge in [-0.15, -0.1) is 13.2 Å². The molecule has 13 heteroatoms. The number of alkyl halides is 6. The Balaban J connectivity index is 1.96. The van der Waals surface area contributed by atoms with Gasteiger partial charge in [0, 0.05) is 17.5 Å². The molecular weight excluding hydrogens is 528 g/mol. The molecule has 3 aromatic carbocycles. The molecule has 0 bridgehead atoms. The Labute approximate surface area is 207 Å². The average molecular weight is 547 g/mol. The molecule has 0 fully saturated rings. The molecule has 0 aliphatic carbocycles. The quantitative estimate of drug-likeness (QED) is 0.387. The van der Waals surface area contributed by atoms with Crippen molar-refractivity contribution < 1.29 is 49.4 Å². The summed E-state index contributed by atoms with van der Waals surface area (Å²) in [4.78, 5) is 12.7. The molecule has 6 nitrogen and oxygen atoms in total. The predicted molar refractivity (Wildman–Crippen MR) is 122 cm³/mol. The Kier molecular flexibility index (Phi) is 7.89. The van der Waals surface area contributed by atoms with E-state index in [1.807, 2.05) is 0 Å². The molecule has 3 rings (SSSR count). The van der Waals surface area contributed by atoms with Crippen molar-refractivity contribution in [1.82, 2.24) is 0 Å². The number of halogens is 6. The van der Waals surface area contributed by atoms with E-state index < -0.39 is 63.2 Å². The number of ether oxygens (including phenoxy) is 1. The van der Waals surface area contributed by atoms with E-state index in [9.17, 15) is 44.7 Å². The van der Waals surface area contributed by atoms with Crippen molar-refractivity contribution in [3.8, 4) is 16.9 Å². The number of hydrogen-bond donors (Lipinski definition) is 2. The maximum absolute atomic E-state index is 13.9. The van der Waals surface area contributed by atoms with Gasteiger partial charge in [-0.05, 0) is 41.5 Å². The van der Waals surface area contributed by atoms with Gasteiger partial charge in [0.2, 0.25) is 5.91 Å². The molecule has 0 heterocycles. The second kappa shape index (κ2) is 10.4. The first-order valence-electron chi connectivity index (χ1n) is 10.4. The molecule has 1 atom stereocenters. The van der Waals surface area contributed by atoms with Crippen molar-refractivity contribution in [2.24, 2.45) is 0 Å². The van der Waals surface area contributed by atoms with Crippen LogP contribution in [0.5, 0.6) is 5.75 Å². The number of nitrogens with one attached hydrogen (secondary N) is 1. The van der Waals surface area contributed by atoms with Crippen molar-refractivity contribution in [2.45, 2.75) is 23.4 Å². The molecule has 0 radical (unpaired) electrons. The van der Waals surface area contributed by atoms with Crippen molar-refractivity contribution in [3.05, 3.63) is 77.9 Å². The average Bonchev–Trinajstić information content (AvgIpc) is 2.78. The Morgan fingerprint density at radius 3 is 2.11 bits per heavy atom. The van der Waals surface area contributed by atoms with Crippen LogP contribution in [-0.2, 0) is 20.8 Å². The minimum Gasteiger partial charge on any atom is -0.405 e. The highest BCUT2D eigenvalue weighted by atomic mass is 32.2. The van der Waals surface area contributed by atoms with Crippen LogP contribution in [0.25, 0.3) is 11.1 Å². The summed E-state index contributed by atoms with van der Waals surface area (Å²) in [7, 11) is -3.52. The maximum atomic E-state index is 13.9. The largest absolute Gasteiger partial charge is 0.573 e. The summed E-state index contributed by atoms with van der Waals surface area (Å²) in [5.41, 5.74) is -2.54. The van der Waals surface area contributed by atoms with Crippen molar-refractivity contribution in [3.63, 3.8) is 0 Å². The van der Waals surface area contributed by atoms with Crippen LogP contribution in [0.15, 0.2) is 71.6 Å². The highest BCUT2D eigenvalue weighted by Gasteiger charge is 2.37. The Morgan fingerprint density at radius 1 is 0.946 bits per heavy atom. The smallest absolute Gasteiger partial charge is 0.405 e. The lowest BCUT2D eigenvalue weighted by molar-refractivity contribution is -0.274. The normalized spacial score (nSPS) is 13.2. The third-order valence-electron chi connectivity index (χ3n) is 5.21. The number of aliphatic hydroxyl groups is 1. The monoisotopic (exact) mass is 547 g/mol. The predicted octanol–water partition coefficient (Wildman–Crippen LogP) is 5.39. The molecule has 37 heavy (non-hydrogen) atoms. The van der Waals surface area contributed by atoms with Gasteiger partial charge in [0.25, 0.3) is 0 Å². The van der Waals surface area contributed by atoms with E-state index in [0.717, 1.165) is 30.5 Å². The Bertz CT molecular complexity index is 1390. The maximum Gasteiger partial charge on any atom is 0.573 e. The van der Waals surface area contributed by atoms with Gasteiger partial charge in [0.1, 0.15) is 5.75 Å². The van der Waals surface area contributed by atoms with E-state index in [-0.39, 0.29) is 16.1 Å². The van der Waals surface area contributed by atoms with E-state index in [1.54, 1.807) is 0 Å². The zero-order valence-electron chi connectivity index (χ0n) is 18.9. The number of amides is 1. The fourth-order valence-corrected chi connectivity index (χ4v) is 4.14. The Morgan fingerprint density at radius 2 is 1.57 bits per heavy atom. The summed E-state index contributed by atoms with van der Waals surface area (Å²) in [6, 6.07) is 11.9. The van der Waals surface area contributed by atoms with E-state index in [0.29, 0.717) is 6.07 Å². The van der Waals surface area contributed by atoms with Gasteiger partial charge in [-0.1, -0.05) is 36.4 Å². The highest BCUT2D eigenvalue weighted by molar-refractivity contribution is 7.90. The van der Waals surface area contributed by atoms with E-state index in [2.05, 4.69) is 10.1 Å². The molecule has 3 aromatic rings. The minimum atomic E-state index is -5.14. The molecule has 0 saturated carbocycles. The van der Waals surface area contributed by atoms with Crippen molar-refractivity contribution >= 4 is 21.4 Å². The summed E-state index contributed by atoms with van der Waals surface area (Å²) in [6.45, 7) is -0.740. The first-order chi connectivity index (χ1) is 17.1. The zero-order chi connectivity index (χ0) is 27.6. The number of rotatable bonds is 7. The first kappa shape index (κ1) is 28.0. The van der Waals surface area contributed by atoms with Gasteiger partial charge in [-0.3, -0.25) is 4.79 Å². The van der Waals surface area contributed by atoms with Crippen LogP contribution in [-0.4, -0.2) is 38.7 Å². The van der Waals surface area contributed by atoms with Crippen LogP contribution >= 0.6 is 0 Å². The number of aliphatic hydroxyl groups excluding tert-OH is 1. The van der Waals surface area contributed by atoms with Gasteiger partial charge in [0.15, 0.2) is 9.84 Å². The van der Waals surface area contributed by atoms with Gasteiger partial charge < -0.3 is 15.2 Å². The number of hydrogen-bond acceptors (Lipinski definition) is 5. The summed E-state index contributed by atoms with van der Waals surface area (Å²) >= 11 is 0. The van der Waals surface area contributed by atoms with Crippen LogP contribution in [0.2, 0.25) is 0 Å². The summed E-state index contributed by atoms with van der Waals surface area (Å²) in [5, 5.41) is 11.9. The lowest BCUT2D eigenvalue weighted by Gasteiger charge is -2.19. The van der Waals surface area contributed by atoms with Crippen molar-refractivity contribution in [1.29, 1.82) is 0 Å². The summed E-state index contributed by atoms with van der Waals surface area (Å²) < 4.78 is 107. The molecule has 1 unspecified atom stereocenters. The topological polar surface area (TPSA) is 92.7 Å².